The molecule has 3 rings (SSSR count). The highest BCUT2D eigenvalue weighted by Gasteiger charge is 2.29. The number of carbonyl (C=O) groups excluding carboxylic acids is 1. The van der Waals surface area contributed by atoms with Gasteiger partial charge in [-0.1, -0.05) is 65.4 Å². The topological polar surface area (TPSA) is 29.5 Å². The Morgan fingerprint density at radius 2 is 2.00 bits per heavy atom. The summed E-state index contributed by atoms with van der Waals surface area (Å²) in [4.78, 5) is 14.2. The molecule has 0 bridgehead atoms. The maximum absolute atomic E-state index is 12.2. The van der Waals surface area contributed by atoms with Crippen molar-refractivity contribution < 1.29 is 9.53 Å². The Morgan fingerprint density at radius 1 is 1.24 bits per heavy atom. The first-order chi connectivity index (χ1) is 12.0. The van der Waals surface area contributed by atoms with Crippen LogP contribution in [0.2, 0.25) is 10.0 Å². The molecule has 25 heavy (non-hydrogen) atoms. The number of benzene rings is 2. The zero-order valence-corrected chi connectivity index (χ0v) is 16.3. The first-order valence-electron chi connectivity index (χ1n) is 7.33. The third-order valence-corrected chi connectivity index (χ3v) is 5.67. The van der Waals surface area contributed by atoms with E-state index in [1.807, 2.05) is 24.3 Å². The van der Waals surface area contributed by atoms with Crippen LogP contribution in [0.4, 0.5) is 0 Å². The molecule has 0 atom stereocenters. The molecule has 7 heteroatoms. The van der Waals surface area contributed by atoms with Crippen LogP contribution in [0.3, 0.4) is 0 Å². The Kier molecular flexibility index (Phi) is 5.69. The van der Waals surface area contributed by atoms with Crippen LogP contribution < -0.4 is 4.74 Å². The Hall–Kier alpha value is -1.53. The molecule has 1 aliphatic rings. The van der Waals surface area contributed by atoms with E-state index in [0.717, 1.165) is 5.56 Å². The van der Waals surface area contributed by atoms with Gasteiger partial charge < -0.3 is 4.74 Å². The summed E-state index contributed by atoms with van der Waals surface area (Å²) in [6.45, 7) is 0.316. The molecule has 0 aliphatic carbocycles. The van der Waals surface area contributed by atoms with E-state index in [9.17, 15) is 4.79 Å². The summed E-state index contributed by atoms with van der Waals surface area (Å²) in [5.41, 5.74) is 1.60. The smallest absolute Gasteiger partial charge is 0.265 e. The van der Waals surface area contributed by atoms with E-state index in [-0.39, 0.29) is 5.91 Å². The van der Waals surface area contributed by atoms with Crippen LogP contribution in [-0.4, -0.2) is 22.2 Å². The van der Waals surface area contributed by atoms with Crippen molar-refractivity contribution in [3.63, 3.8) is 0 Å². The van der Waals surface area contributed by atoms with E-state index in [1.54, 1.807) is 31.3 Å². The number of likely N-dealkylation sites (N-methyl/N-ethyl adjacent to an activating group) is 1. The van der Waals surface area contributed by atoms with Gasteiger partial charge in [0.05, 0.1) is 4.91 Å². The molecular formula is C18H13Cl2NO2S2. The number of halogens is 2. The minimum atomic E-state index is -0.132. The second kappa shape index (κ2) is 7.79. The summed E-state index contributed by atoms with van der Waals surface area (Å²) in [6.07, 6.45) is 1.75. The number of carbonyl (C=O) groups is 1. The number of thiocarbonyl (C=S) groups is 1. The molecule has 2 aromatic carbocycles. The van der Waals surface area contributed by atoms with Gasteiger partial charge in [-0.15, -0.1) is 0 Å². The summed E-state index contributed by atoms with van der Waals surface area (Å²) in [5, 5.41) is 1.20. The minimum Gasteiger partial charge on any atom is -0.488 e. The molecule has 0 saturated carbocycles. The number of thioether (sulfide) groups is 1. The predicted molar refractivity (Wildman–Crippen MR) is 108 cm³/mol. The van der Waals surface area contributed by atoms with Crippen molar-refractivity contribution >= 4 is 63.5 Å². The lowest BCUT2D eigenvalue weighted by Crippen LogP contribution is -2.22. The van der Waals surface area contributed by atoms with Crippen molar-refractivity contribution in [3.05, 3.63) is 68.5 Å². The maximum Gasteiger partial charge on any atom is 0.265 e. The van der Waals surface area contributed by atoms with E-state index < -0.39 is 0 Å². The predicted octanol–water partition coefficient (Wildman–Crippen LogP) is 5.40. The summed E-state index contributed by atoms with van der Waals surface area (Å²) in [5.74, 6) is 0.484. The first kappa shape index (κ1) is 18.3. The fourth-order valence-electron chi connectivity index (χ4n) is 2.22. The highest BCUT2D eigenvalue weighted by Crippen LogP contribution is 2.34. The number of ether oxygens (including phenoxy) is 1. The third kappa shape index (κ3) is 4.18. The molecule has 0 aromatic heterocycles. The molecule has 0 unspecified atom stereocenters. The summed E-state index contributed by atoms with van der Waals surface area (Å²) in [6, 6.07) is 12.8. The van der Waals surface area contributed by atoms with E-state index >= 15 is 0 Å². The van der Waals surface area contributed by atoms with Crippen LogP contribution in [0.15, 0.2) is 47.4 Å². The molecule has 128 valence electrons. The van der Waals surface area contributed by atoms with Crippen molar-refractivity contribution in [2.45, 2.75) is 6.61 Å². The van der Waals surface area contributed by atoms with Crippen LogP contribution in [-0.2, 0) is 11.4 Å². The molecule has 2 aromatic rings. The molecule has 0 N–H and O–H groups in total. The molecular weight excluding hydrogens is 397 g/mol. The fraction of sp³-hybridized carbons (Fsp3) is 0.111. The number of amides is 1. The van der Waals surface area contributed by atoms with E-state index in [1.165, 1.54) is 16.7 Å². The fourth-order valence-corrected chi connectivity index (χ4v) is 3.76. The monoisotopic (exact) mass is 409 g/mol. The molecule has 0 spiro atoms. The average Bonchev–Trinajstić information content (AvgIpc) is 2.82. The lowest BCUT2D eigenvalue weighted by atomic mass is 10.1. The zero-order valence-electron chi connectivity index (χ0n) is 13.2. The first-order valence-corrected chi connectivity index (χ1v) is 9.31. The average molecular weight is 410 g/mol. The van der Waals surface area contributed by atoms with Gasteiger partial charge in [-0.3, -0.25) is 9.69 Å². The van der Waals surface area contributed by atoms with Crippen molar-refractivity contribution in [3.8, 4) is 5.75 Å². The van der Waals surface area contributed by atoms with Gasteiger partial charge in [-0.05, 0) is 30.3 Å². The normalized spacial score (nSPS) is 16.0. The zero-order chi connectivity index (χ0) is 18.0. The van der Waals surface area contributed by atoms with Gasteiger partial charge in [0.2, 0.25) is 0 Å². The highest BCUT2D eigenvalue weighted by molar-refractivity contribution is 8.26. The van der Waals surface area contributed by atoms with Crippen LogP contribution in [0.1, 0.15) is 11.1 Å². The van der Waals surface area contributed by atoms with Gasteiger partial charge in [0.1, 0.15) is 16.7 Å². The molecule has 3 nitrogen and oxygen atoms in total. The summed E-state index contributed by atoms with van der Waals surface area (Å²) < 4.78 is 6.43. The number of rotatable bonds is 4. The SMILES string of the molecule is CN1C(=O)/C(=C/c2cc(Cl)ccc2OCc2ccccc2Cl)SC1=S. The van der Waals surface area contributed by atoms with Crippen molar-refractivity contribution in [2.75, 3.05) is 7.05 Å². The second-order valence-electron chi connectivity index (χ2n) is 5.30. The van der Waals surface area contributed by atoms with Crippen molar-refractivity contribution in [1.82, 2.24) is 4.90 Å². The molecule has 0 radical (unpaired) electrons. The van der Waals surface area contributed by atoms with Gasteiger partial charge in [0.25, 0.3) is 5.91 Å². The van der Waals surface area contributed by atoms with Crippen LogP contribution >= 0.6 is 47.2 Å². The molecule has 1 aliphatic heterocycles. The number of hydrogen-bond donors (Lipinski definition) is 0. The lowest BCUT2D eigenvalue weighted by Gasteiger charge is -2.11. The van der Waals surface area contributed by atoms with Gasteiger partial charge in [-0.25, -0.2) is 0 Å². The Labute approximate surface area is 165 Å². The highest BCUT2D eigenvalue weighted by atomic mass is 35.5. The Bertz CT molecular complexity index is 883. The Balaban J connectivity index is 1.88. The van der Waals surface area contributed by atoms with E-state index in [4.69, 9.17) is 40.2 Å². The molecule has 1 saturated heterocycles. The van der Waals surface area contributed by atoms with E-state index in [0.29, 0.717) is 37.2 Å². The molecule has 1 fully saturated rings. The second-order valence-corrected chi connectivity index (χ2v) is 7.82. The van der Waals surface area contributed by atoms with Crippen molar-refractivity contribution in [1.29, 1.82) is 0 Å². The number of hydrogen-bond acceptors (Lipinski definition) is 4. The van der Waals surface area contributed by atoms with Crippen LogP contribution in [0.25, 0.3) is 6.08 Å². The number of nitrogens with zero attached hydrogens (tertiary/aromatic N) is 1. The Morgan fingerprint density at radius 3 is 2.68 bits per heavy atom. The van der Waals surface area contributed by atoms with Gasteiger partial charge in [0.15, 0.2) is 0 Å². The maximum atomic E-state index is 12.2. The molecule has 1 heterocycles. The van der Waals surface area contributed by atoms with Gasteiger partial charge in [0, 0.05) is 28.2 Å². The summed E-state index contributed by atoms with van der Waals surface area (Å²) in [7, 11) is 1.66. The van der Waals surface area contributed by atoms with Crippen LogP contribution in [0, 0.1) is 0 Å². The van der Waals surface area contributed by atoms with Gasteiger partial charge >= 0.3 is 0 Å². The molecule has 1 amide bonds. The van der Waals surface area contributed by atoms with Crippen LogP contribution in [0.5, 0.6) is 5.75 Å². The third-order valence-electron chi connectivity index (χ3n) is 3.59. The standard InChI is InChI=1S/C18H13Cl2NO2S2/c1-21-17(22)16(25-18(21)24)9-12-8-13(19)6-7-15(12)23-10-11-4-2-3-5-14(11)20/h2-9H,10H2,1H3/b16-9-. The minimum absolute atomic E-state index is 0.132. The summed E-state index contributed by atoms with van der Waals surface area (Å²) >= 11 is 18.7. The van der Waals surface area contributed by atoms with Crippen molar-refractivity contribution in [2.24, 2.45) is 0 Å². The largest absolute Gasteiger partial charge is 0.488 e. The lowest BCUT2D eigenvalue weighted by molar-refractivity contribution is -0.121. The quantitative estimate of drug-likeness (QED) is 0.499. The van der Waals surface area contributed by atoms with E-state index in [2.05, 4.69) is 0 Å². The van der Waals surface area contributed by atoms with Gasteiger partial charge in [-0.2, -0.15) is 0 Å².